The lowest BCUT2D eigenvalue weighted by Crippen LogP contribution is -1.98. The van der Waals surface area contributed by atoms with Crippen molar-refractivity contribution in [2.24, 2.45) is 0 Å². The summed E-state index contributed by atoms with van der Waals surface area (Å²) >= 11 is 0. The molecule has 7 heteroatoms. The van der Waals surface area contributed by atoms with Crippen molar-refractivity contribution >= 4 is 17.7 Å². The van der Waals surface area contributed by atoms with E-state index in [1.54, 1.807) is 12.1 Å². The topological polar surface area (TPSA) is 75.7 Å². The standard InChI is InChI=1S/C23H18FN5O/c1-14-9-16-7-8-19(23(24)17(16)10-14)30-22-12-20(25-13-26-22)27-21-11-18(28-29-21)15-5-3-2-4-6-15/h2-8,10-13H,9H2,1H3,(H2,25,26,27,28,29). The zero-order chi connectivity index (χ0) is 20.5. The Morgan fingerprint density at radius 3 is 2.77 bits per heavy atom. The van der Waals surface area contributed by atoms with Crippen molar-refractivity contribution in [1.82, 2.24) is 20.2 Å². The Kier molecular flexibility index (Phi) is 4.48. The van der Waals surface area contributed by atoms with Gasteiger partial charge in [-0.15, -0.1) is 0 Å². The van der Waals surface area contributed by atoms with Crippen LogP contribution in [0.1, 0.15) is 18.1 Å². The molecule has 4 aromatic rings. The number of halogens is 1. The average Bonchev–Trinajstić information content (AvgIpc) is 3.38. The van der Waals surface area contributed by atoms with Gasteiger partial charge in [-0.2, -0.15) is 5.10 Å². The van der Waals surface area contributed by atoms with Crippen molar-refractivity contribution in [2.45, 2.75) is 13.3 Å². The summed E-state index contributed by atoms with van der Waals surface area (Å²) in [7, 11) is 0. The van der Waals surface area contributed by atoms with Crippen LogP contribution in [0.15, 0.2) is 66.5 Å². The molecule has 2 aromatic carbocycles. The number of H-pyrrole nitrogens is 1. The van der Waals surface area contributed by atoms with Crippen LogP contribution in [0, 0.1) is 5.82 Å². The largest absolute Gasteiger partial charge is 0.436 e. The number of ether oxygens (including phenoxy) is 1. The third-order valence-corrected chi connectivity index (χ3v) is 4.87. The lowest BCUT2D eigenvalue weighted by molar-refractivity contribution is 0.426. The molecule has 1 aliphatic rings. The highest BCUT2D eigenvalue weighted by Crippen LogP contribution is 2.34. The number of allylic oxidation sites excluding steroid dienone is 1. The SMILES string of the molecule is CC1=Cc2c(ccc(Oc3cc(Nc4cc(-c5ccccc5)[nH]n4)ncn3)c2F)C1. The lowest BCUT2D eigenvalue weighted by atomic mass is 10.1. The number of hydrogen-bond acceptors (Lipinski definition) is 5. The number of benzene rings is 2. The van der Waals surface area contributed by atoms with Gasteiger partial charge < -0.3 is 10.1 Å². The third kappa shape index (κ3) is 3.53. The van der Waals surface area contributed by atoms with Crippen LogP contribution in [0.2, 0.25) is 0 Å². The van der Waals surface area contributed by atoms with E-state index in [0.29, 0.717) is 17.2 Å². The van der Waals surface area contributed by atoms with Crippen molar-refractivity contribution in [3.8, 4) is 22.9 Å². The average molecular weight is 399 g/mol. The van der Waals surface area contributed by atoms with E-state index in [-0.39, 0.29) is 17.4 Å². The number of rotatable bonds is 5. The van der Waals surface area contributed by atoms with Gasteiger partial charge in [0.05, 0.1) is 5.69 Å². The first-order valence-corrected chi connectivity index (χ1v) is 9.52. The molecule has 30 heavy (non-hydrogen) atoms. The van der Waals surface area contributed by atoms with E-state index in [1.807, 2.05) is 55.5 Å². The van der Waals surface area contributed by atoms with Gasteiger partial charge >= 0.3 is 0 Å². The van der Waals surface area contributed by atoms with E-state index in [9.17, 15) is 4.39 Å². The highest BCUT2D eigenvalue weighted by atomic mass is 19.1. The van der Waals surface area contributed by atoms with Gasteiger partial charge in [0.1, 0.15) is 12.1 Å². The molecule has 0 amide bonds. The number of fused-ring (bicyclic) bond motifs is 1. The first-order chi connectivity index (χ1) is 14.7. The number of anilines is 2. The Morgan fingerprint density at radius 2 is 1.90 bits per heavy atom. The van der Waals surface area contributed by atoms with E-state index in [4.69, 9.17) is 4.74 Å². The molecule has 6 nitrogen and oxygen atoms in total. The van der Waals surface area contributed by atoms with Crippen LogP contribution < -0.4 is 10.1 Å². The second kappa shape index (κ2) is 7.44. The van der Waals surface area contributed by atoms with Crippen LogP contribution in [0.5, 0.6) is 11.6 Å². The summed E-state index contributed by atoms with van der Waals surface area (Å²) in [5, 5.41) is 10.4. The van der Waals surface area contributed by atoms with Gasteiger partial charge in [-0.05, 0) is 30.5 Å². The Morgan fingerprint density at radius 1 is 1.03 bits per heavy atom. The van der Waals surface area contributed by atoms with Crippen LogP contribution in [-0.4, -0.2) is 20.2 Å². The number of aromatic amines is 1. The van der Waals surface area contributed by atoms with Gasteiger partial charge in [-0.3, -0.25) is 5.10 Å². The molecule has 0 radical (unpaired) electrons. The van der Waals surface area contributed by atoms with Gasteiger partial charge in [-0.1, -0.05) is 48.0 Å². The molecule has 0 atom stereocenters. The molecule has 148 valence electrons. The second-order valence-corrected chi connectivity index (χ2v) is 7.12. The van der Waals surface area contributed by atoms with E-state index >= 15 is 0 Å². The molecular weight excluding hydrogens is 381 g/mol. The van der Waals surface area contributed by atoms with E-state index in [1.165, 1.54) is 6.33 Å². The van der Waals surface area contributed by atoms with Crippen LogP contribution >= 0.6 is 0 Å². The predicted octanol–water partition coefficient (Wildman–Crippen LogP) is 5.50. The molecule has 0 saturated heterocycles. The first kappa shape index (κ1) is 18.1. The van der Waals surface area contributed by atoms with Crippen molar-refractivity contribution in [2.75, 3.05) is 5.32 Å². The molecule has 0 aliphatic heterocycles. The summed E-state index contributed by atoms with van der Waals surface area (Å²) in [5.74, 6) is 1.09. The van der Waals surface area contributed by atoms with Crippen molar-refractivity contribution in [3.05, 3.63) is 83.4 Å². The predicted molar refractivity (Wildman–Crippen MR) is 113 cm³/mol. The van der Waals surface area contributed by atoms with Crippen molar-refractivity contribution in [3.63, 3.8) is 0 Å². The fraction of sp³-hybridized carbons (Fsp3) is 0.0870. The smallest absolute Gasteiger partial charge is 0.224 e. The Labute approximate surface area is 172 Å². The fourth-order valence-corrected chi connectivity index (χ4v) is 3.46. The molecule has 0 saturated carbocycles. The van der Waals surface area contributed by atoms with Crippen LogP contribution in [0.25, 0.3) is 17.3 Å². The molecule has 0 unspecified atom stereocenters. The summed E-state index contributed by atoms with van der Waals surface area (Å²) in [4.78, 5) is 8.28. The molecule has 2 N–H and O–H groups in total. The lowest BCUT2D eigenvalue weighted by Gasteiger charge is -2.09. The summed E-state index contributed by atoms with van der Waals surface area (Å²) in [6.45, 7) is 1.99. The summed E-state index contributed by atoms with van der Waals surface area (Å²) in [5.41, 5.74) is 4.59. The maximum atomic E-state index is 14.8. The Bertz CT molecular complexity index is 1250. The number of nitrogens with one attached hydrogen (secondary N) is 2. The van der Waals surface area contributed by atoms with Gasteiger partial charge in [-0.25, -0.2) is 14.4 Å². The van der Waals surface area contributed by atoms with Crippen molar-refractivity contribution < 1.29 is 9.13 Å². The Balaban J connectivity index is 1.35. The third-order valence-electron chi connectivity index (χ3n) is 4.87. The fourth-order valence-electron chi connectivity index (χ4n) is 3.46. The van der Waals surface area contributed by atoms with Gasteiger partial charge in [0.25, 0.3) is 0 Å². The van der Waals surface area contributed by atoms with Crippen LogP contribution in [0.4, 0.5) is 16.0 Å². The van der Waals surface area contributed by atoms with E-state index < -0.39 is 0 Å². The number of hydrogen-bond donors (Lipinski definition) is 2. The normalized spacial score (nSPS) is 12.4. The minimum absolute atomic E-state index is 0.135. The van der Waals surface area contributed by atoms with E-state index in [2.05, 4.69) is 25.5 Å². The molecule has 0 spiro atoms. The number of nitrogens with zero attached hydrogens (tertiary/aromatic N) is 3. The maximum absolute atomic E-state index is 14.8. The Hall–Kier alpha value is -4.00. The van der Waals surface area contributed by atoms with E-state index in [0.717, 1.165) is 28.8 Å². The molecule has 5 rings (SSSR count). The summed E-state index contributed by atoms with van der Waals surface area (Å²) in [6.07, 6.45) is 3.98. The summed E-state index contributed by atoms with van der Waals surface area (Å²) < 4.78 is 20.5. The minimum Gasteiger partial charge on any atom is -0.436 e. The van der Waals surface area contributed by atoms with Gasteiger partial charge in [0.15, 0.2) is 17.4 Å². The molecular formula is C23H18FN5O. The van der Waals surface area contributed by atoms with Gasteiger partial charge in [0.2, 0.25) is 5.88 Å². The van der Waals surface area contributed by atoms with Crippen molar-refractivity contribution in [1.29, 1.82) is 0 Å². The van der Waals surface area contributed by atoms with Crippen LogP contribution in [0.3, 0.4) is 0 Å². The second-order valence-electron chi connectivity index (χ2n) is 7.12. The first-order valence-electron chi connectivity index (χ1n) is 9.52. The quantitative estimate of drug-likeness (QED) is 0.463. The van der Waals surface area contributed by atoms with Crippen LogP contribution in [-0.2, 0) is 6.42 Å². The minimum atomic E-state index is -0.378. The highest BCUT2D eigenvalue weighted by molar-refractivity contribution is 5.66. The molecule has 0 fully saturated rings. The highest BCUT2D eigenvalue weighted by Gasteiger charge is 2.18. The number of aromatic nitrogens is 4. The zero-order valence-corrected chi connectivity index (χ0v) is 16.2. The molecule has 1 aliphatic carbocycles. The van der Waals surface area contributed by atoms with Gasteiger partial charge in [0, 0.05) is 17.7 Å². The summed E-state index contributed by atoms with van der Waals surface area (Å²) in [6, 6.07) is 16.9. The maximum Gasteiger partial charge on any atom is 0.224 e. The zero-order valence-electron chi connectivity index (χ0n) is 16.2. The molecule has 2 aromatic heterocycles. The monoisotopic (exact) mass is 399 g/mol. The molecule has 0 bridgehead atoms. The molecule has 2 heterocycles.